The minimum atomic E-state index is -1.07. The maximum absolute atomic E-state index is 14.1. The van der Waals surface area contributed by atoms with Crippen LogP contribution in [0.1, 0.15) is 16.7 Å². The molecule has 1 saturated heterocycles. The van der Waals surface area contributed by atoms with E-state index in [9.17, 15) is 9.59 Å². The van der Waals surface area contributed by atoms with Crippen molar-refractivity contribution in [3.05, 3.63) is 89.5 Å². The van der Waals surface area contributed by atoms with Gasteiger partial charge in [0.2, 0.25) is 0 Å². The lowest BCUT2D eigenvalue weighted by Crippen LogP contribution is -2.51. The number of benzene rings is 3. The molecule has 1 atom stereocenters. The molecule has 3 aromatic rings. The number of ether oxygens (including phenoxy) is 1. The summed E-state index contributed by atoms with van der Waals surface area (Å²) in [5.41, 5.74) is 4.45. The van der Waals surface area contributed by atoms with E-state index >= 15 is 0 Å². The summed E-state index contributed by atoms with van der Waals surface area (Å²) in [7, 11) is 1.63. The zero-order chi connectivity index (χ0) is 23.0. The number of urea groups is 1. The van der Waals surface area contributed by atoms with Gasteiger partial charge in [-0.2, -0.15) is 0 Å². The highest BCUT2D eigenvalue weighted by Gasteiger charge is 2.59. The summed E-state index contributed by atoms with van der Waals surface area (Å²) in [4.78, 5) is 29.9. The first-order valence-electron chi connectivity index (χ1n) is 10.9. The number of aryl methyl sites for hydroxylation is 1. The van der Waals surface area contributed by atoms with Crippen molar-refractivity contribution in [1.82, 2.24) is 4.90 Å². The molecule has 7 heteroatoms. The summed E-state index contributed by atoms with van der Waals surface area (Å²) >= 11 is 1.53. The minimum absolute atomic E-state index is 0.0865. The molecule has 0 bridgehead atoms. The van der Waals surface area contributed by atoms with Crippen molar-refractivity contribution in [2.75, 3.05) is 29.6 Å². The SMILES string of the molecule is COc1cccc(CN2C(=O)[C@@]3(SCCN3C(=O)Nc3ccccc3)c3cc(C)ccc32)c1. The molecule has 2 aliphatic heterocycles. The van der Waals surface area contributed by atoms with Gasteiger partial charge in [0.25, 0.3) is 5.91 Å². The number of hydrogen-bond acceptors (Lipinski definition) is 4. The Kier molecular flexibility index (Phi) is 5.50. The maximum Gasteiger partial charge on any atom is 0.323 e. The molecular formula is C26H25N3O3S. The molecule has 3 aromatic carbocycles. The van der Waals surface area contributed by atoms with Crippen LogP contribution in [0.15, 0.2) is 72.8 Å². The Bertz CT molecular complexity index is 1220. The summed E-state index contributed by atoms with van der Waals surface area (Å²) in [5, 5.41) is 2.97. The molecule has 33 heavy (non-hydrogen) atoms. The topological polar surface area (TPSA) is 61.9 Å². The van der Waals surface area contributed by atoms with E-state index in [-0.39, 0.29) is 11.9 Å². The van der Waals surface area contributed by atoms with Crippen LogP contribution in [-0.2, 0) is 16.2 Å². The highest BCUT2D eigenvalue weighted by molar-refractivity contribution is 8.01. The fourth-order valence-electron chi connectivity index (χ4n) is 4.55. The van der Waals surface area contributed by atoms with Crippen LogP contribution < -0.4 is 15.0 Å². The quantitative estimate of drug-likeness (QED) is 0.598. The van der Waals surface area contributed by atoms with Crippen LogP contribution in [0.4, 0.5) is 16.2 Å². The van der Waals surface area contributed by atoms with Crippen LogP contribution in [0.25, 0.3) is 0 Å². The predicted octanol–water partition coefficient (Wildman–Crippen LogP) is 4.98. The standard InChI is InChI=1S/C26H25N3O3S/c1-18-11-12-23-22(15-18)26(24(30)28(23)17-19-7-6-10-21(16-19)32-2)29(13-14-33-26)25(31)27-20-8-4-3-5-9-20/h3-12,15-16H,13-14,17H2,1-2H3,(H,27,31)/t26-/m0/s1. The number of fused-ring (bicyclic) bond motifs is 2. The number of nitrogens with zero attached hydrogens (tertiary/aromatic N) is 2. The minimum Gasteiger partial charge on any atom is -0.497 e. The van der Waals surface area contributed by atoms with Crippen LogP contribution in [0.5, 0.6) is 5.75 Å². The first-order valence-corrected chi connectivity index (χ1v) is 11.8. The van der Waals surface area contributed by atoms with E-state index < -0.39 is 4.87 Å². The molecule has 0 unspecified atom stereocenters. The summed E-state index contributed by atoms with van der Waals surface area (Å²) in [6.45, 7) is 2.91. The van der Waals surface area contributed by atoms with Crippen LogP contribution in [0, 0.1) is 6.92 Å². The Labute approximate surface area is 197 Å². The smallest absolute Gasteiger partial charge is 0.323 e. The van der Waals surface area contributed by atoms with Gasteiger partial charge in [-0.25, -0.2) is 4.79 Å². The van der Waals surface area contributed by atoms with E-state index in [0.717, 1.165) is 28.1 Å². The number of anilines is 2. The van der Waals surface area contributed by atoms with Crippen LogP contribution >= 0.6 is 11.8 Å². The normalized spacial score (nSPS) is 19.2. The third-order valence-corrected chi connectivity index (χ3v) is 7.51. The van der Waals surface area contributed by atoms with Gasteiger partial charge in [0.05, 0.1) is 19.3 Å². The van der Waals surface area contributed by atoms with E-state index in [1.54, 1.807) is 16.9 Å². The molecule has 5 rings (SSSR count). The van der Waals surface area contributed by atoms with E-state index in [1.807, 2.05) is 79.7 Å². The molecule has 3 amide bonds. The second-order valence-corrected chi connectivity index (χ2v) is 9.49. The number of nitrogens with one attached hydrogen (secondary N) is 1. The third-order valence-electron chi connectivity index (χ3n) is 6.09. The molecule has 0 saturated carbocycles. The largest absolute Gasteiger partial charge is 0.497 e. The number of hydrogen-bond donors (Lipinski definition) is 1. The first kappa shape index (κ1) is 21.4. The lowest BCUT2D eigenvalue weighted by molar-refractivity contribution is -0.123. The summed E-state index contributed by atoms with van der Waals surface area (Å²) in [5.74, 6) is 1.35. The fourth-order valence-corrected chi connectivity index (χ4v) is 6.00. The monoisotopic (exact) mass is 459 g/mol. The number of carbonyl (C=O) groups excluding carboxylic acids is 2. The lowest BCUT2D eigenvalue weighted by atomic mass is 10.0. The van der Waals surface area contributed by atoms with Crippen molar-refractivity contribution in [1.29, 1.82) is 0 Å². The second kappa shape index (κ2) is 8.48. The Morgan fingerprint density at radius 1 is 1.09 bits per heavy atom. The molecule has 2 aliphatic rings. The Morgan fingerprint density at radius 3 is 2.70 bits per heavy atom. The Balaban J connectivity index is 1.53. The van der Waals surface area contributed by atoms with Crippen molar-refractivity contribution >= 4 is 35.1 Å². The van der Waals surface area contributed by atoms with Crippen molar-refractivity contribution in [3.8, 4) is 5.75 Å². The van der Waals surface area contributed by atoms with Gasteiger partial charge in [-0.15, -0.1) is 11.8 Å². The number of amides is 3. The van der Waals surface area contributed by atoms with Gasteiger partial charge >= 0.3 is 6.03 Å². The van der Waals surface area contributed by atoms with Gasteiger partial charge in [-0.1, -0.05) is 48.0 Å². The third kappa shape index (κ3) is 3.62. The molecule has 0 aliphatic carbocycles. The molecule has 6 nitrogen and oxygen atoms in total. The van der Waals surface area contributed by atoms with Crippen molar-refractivity contribution in [2.24, 2.45) is 0 Å². The van der Waals surface area contributed by atoms with E-state index in [4.69, 9.17) is 4.74 Å². The predicted molar refractivity (Wildman–Crippen MR) is 132 cm³/mol. The Hall–Kier alpha value is -3.45. The van der Waals surface area contributed by atoms with Gasteiger partial charge in [-0.3, -0.25) is 9.69 Å². The summed E-state index contributed by atoms with van der Waals surface area (Å²) in [6, 6.07) is 22.8. The van der Waals surface area contributed by atoms with Gasteiger partial charge in [-0.05, 0) is 42.8 Å². The van der Waals surface area contributed by atoms with Crippen LogP contribution in [0.3, 0.4) is 0 Å². The average Bonchev–Trinajstić information content (AvgIpc) is 3.37. The number of methoxy groups -OCH3 is 1. The molecule has 2 heterocycles. The molecule has 0 radical (unpaired) electrons. The molecule has 168 valence electrons. The van der Waals surface area contributed by atoms with Crippen LogP contribution in [-0.4, -0.2) is 36.2 Å². The first-order chi connectivity index (χ1) is 16.0. The van der Waals surface area contributed by atoms with Crippen molar-refractivity contribution in [3.63, 3.8) is 0 Å². The molecule has 0 aromatic heterocycles. The maximum atomic E-state index is 14.1. The second-order valence-electron chi connectivity index (χ2n) is 8.20. The molecular weight excluding hydrogens is 434 g/mol. The van der Waals surface area contributed by atoms with Crippen molar-refractivity contribution < 1.29 is 14.3 Å². The van der Waals surface area contributed by atoms with Gasteiger partial charge in [0, 0.05) is 23.5 Å². The van der Waals surface area contributed by atoms with Crippen LogP contribution in [0.2, 0.25) is 0 Å². The number of carbonyl (C=O) groups is 2. The summed E-state index contributed by atoms with van der Waals surface area (Å²) in [6.07, 6.45) is 0. The average molecular weight is 460 g/mol. The zero-order valence-electron chi connectivity index (χ0n) is 18.6. The van der Waals surface area contributed by atoms with Gasteiger partial charge < -0.3 is 15.0 Å². The molecule has 1 fully saturated rings. The van der Waals surface area contributed by atoms with E-state index in [2.05, 4.69) is 5.32 Å². The lowest BCUT2D eigenvalue weighted by Gasteiger charge is -2.33. The highest BCUT2D eigenvalue weighted by Crippen LogP contribution is 2.54. The van der Waals surface area contributed by atoms with Gasteiger partial charge in [0.15, 0.2) is 4.87 Å². The van der Waals surface area contributed by atoms with E-state index in [1.165, 1.54) is 11.8 Å². The van der Waals surface area contributed by atoms with Crippen molar-refractivity contribution in [2.45, 2.75) is 18.3 Å². The Morgan fingerprint density at radius 2 is 1.91 bits per heavy atom. The molecule has 1 spiro atoms. The number of para-hydroxylation sites is 1. The van der Waals surface area contributed by atoms with E-state index in [0.29, 0.717) is 24.5 Å². The highest BCUT2D eigenvalue weighted by atomic mass is 32.2. The molecule has 1 N–H and O–H groups in total. The van der Waals surface area contributed by atoms with Gasteiger partial charge in [0.1, 0.15) is 5.75 Å². The number of rotatable bonds is 4. The number of thioether (sulfide) groups is 1. The zero-order valence-corrected chi connectivity index (χ0v) is 19.4. The fraction of sp³-hybridized carbons (Fsp3) is 0.231. The summed E-state index contributed by atoms with van der Waals surface area (Å²) < 4.78 is 5.36.